The molecule has 0 saturated heterocycles. The van der Waals surface area contributed by atoms with Gasteiger partial charge >= 0.3 is 197 Å². The zero-order valence-electron chi connectivity index (χ0n) is 19.3. The Labute approximate surface area is 197 Å². The molecule has 2 aromatic carbocycles. The molecule has 0 fully saturated rings. The van der Waals surface area contributed by atoms with Crippen LogP contribution in [0, 0.1) is 12.3 Å². The molecule has 0 amide bonds. The number of hydrogen-bond donors (Lipinski definition) is 1. The van der Waals surface area contributed by atoms with Crippen LogP contribution in [0.25, 0.3) is 5.57 Å². The Hall–Kier alpha value is -2.51. The molecule has 1 N–H and O–H groups in total. The zero-order valence-corrected chi connectivity index (χ0v) is 21.0. The van der Waals surface area contributed by atoms with Crippen molar-refractivity contribution in [3.63, 3.8) is 0 Å². The molecule has 0 unspecified atom stereocenters. The Morgan fingerprint density at radius 3 is 2.38 bits per heavy atom. The van der Waals surface area contributed by atoms with E-state index < -0.39 is 20.9 Å². The monoisotopic (exact) mass is 498 g/mol. The van der Waals surface area contributed by atoms with Gasteiger partial charge in [-0.15, -0.1) is 0 Å². The quantitative estimate of drug-likeness (QED) is 0.265. The zero-order chi connectivity index (χ0) is 23.5. The Morgan fingerprint density at radius 1 is 1.12 bits per heavy atom. The molecule has 32 heavy (non-hydrogen) atoms. The fourth-order valence-electron chi connectivity index (χ4n) is 4.21. The summed E-state index contributed by atoms with van der Waals surface area (Å²) in [5.74, 6) is 2.41. The number of carboxylic acid groups (broad SMARTS) is 1. The van der Waals surface area contributed by atoms with Crippen LogP contribution in [0.3, 0.4) is 0 Å². The predicted octanol–water partition coefficient (Wildman–Crippen LogP) is 4.48. The number of methoxy groups -OCH3 is 1. The second-order valence-corrected chi connectivity index (χ2v) is 11.6. The second-order valence-electron chi connectivity index (χ2n) is 9.28. The third-order valence-corrected chi connectivity index (χ3v) is 8.25. The van der Waals surface area contributed by atoms with Gasteiger partial charge < -0.3 is 0 Å². The Kier molecular flexibility index (Phi) is 7.20. The van der Waals surface area contributed by atoms with Crippen molar-refractivity contribution < 1.29 is 19.4 Å². The van der Waals surface area contributed by atoms with Gasteiger partial charge in [0.2, 0.25) is 0 Å². The third kappa shape index (κ3) is 4.94. The molecular weight excluding hydrogens is 467 g/mol. The van der Waals surface area contributed by atoms with Crippen molar-refractivity contribution in [1.29, 1.82) is 0 Å². The van der Waals surface area contributed by atoms with Crippen LogP contribution in [0.5, 0.6) is 5.75 Å². The van der Waals surface area contributed by atoms with Gasteiger partial charge in [-0.25, -0.2) is 0 Å². The fraction of sp³-hybridized carbons (Fsp3) is 0.370. The van der Waals surface area contributed by atoms with E-state index in [1.807, 2.05) is 36.4 Å². The van der Waals surface area contributed by atoms with Gasteiger partial charge in [-0.3, -0.25) is 0 Å². The third-order valence-electron chi connectivity index (χ3n) is 6.04. The summed E-state index contributed by atoms with van der Waals surface area (Å²) in [5.41, 5.74) is 3.49. The average Bonchev–Trinajstić information content (AvgIpc) is 2.75. The van der Waals surface area contributed by atoms with E-state index in [0.717, 1.165) is 28.6 Å². The van der Waals surface area contributed by atoms with Gasteiger partial charge in [0, 0.05) is 0 Å². The molecule has 4 nitrogen and oxygen atoms in total. The van der Waals surface area contributed by atoms with Gasteiger partial charge in [-0.05, 0) is 0 Å². The second kappa shape index (κ2) is 9.55. The molecule has 1 aliphatic carbocycles. The molecule has 2 aromatic rings. The van der Waals surface area contributed by atoms with Gasteiger partial charge in [0.15, 0.2) is 0 Å². The van der Waals surface area contributed by atoms with Gasteiger partial charge in [0.25, 0.3) is 0 Å². The van der Waals surface area contributed by atoms with Crippen LogP contribution in [-0.4, -0.2) is 39.9 Å². The minimum atomic E-state index is -0.988. The molecule has 0 aromatic heterocycles. The molecule has 0 spiro atoms. The fourth-order valence-corrected chi connectivity index (χ4v) is 6.19. The van der Waals surface area contributed by atoms with Crippen molar-refractivity contribution in [3.05, 3.63) is 63.6 Å². The first-order valence-electron chi connectivity index (χ1n) is 10.6. The molecule has 0 bridgehead atoms. The molecule has 0 radical (unpaired) electrons. The number of aliphatic carboxylic acids is 1. The summed E-state index contributed by atoms with van der Waals surface area (Å²) in [6.07, 6.45) is 7.88. The maximum atomic E-state index is 12.3. The first-order chi connectivity index (χ1) is 15.1. The van der Waals surface area contributed by atoms with Gasteiger partial charge in [0.05, 0.1) is 0 Å². The summed E-state index contributed by atoms with van der Waals surface area (Å²) in [6, 6.07) is 13.4. The standard InChI is InChI=1S/C27H30O4Se/c1-7-20(18-11-9-8-10-12-18)24(25(28)29)32-19-15-21-23(22(16-19)31-17-30-6)27(4,5)14-13-26(21,2)3/h1,8-12,15-16H,13-14,17H2,2-6H3,(H,28,29). The van der Waals surface area contributed by atoms with E-state index in [-0.39, 0.29) is 22.1 Å². The van der Waals surface area contributed by atoms with E-state index in [9.17, 15) is 9.90 Å². The van der Waals surface area contributed by atoms with Crippen molar-refractivity contribution >= 4 is 31.0 Å². The van der Waals surface area contributed by atoms with Crippen LogP contribution in [0.4, 0.5) is 0 Å². The Bertz CT molecular complexity index is 1070. The summed E-state index contributed by atoms with van der Waals surface area (Å²) < 4.78 is 12.4. The molecular formula is C27H30O4Se. The summed E-state index contributed by atoms with van der Waals surface area (Å²) in [4.78, 5) is 12.3. The van der Waals surface area contributed by atoms with E-state index in [4.69, 9.17) is 15.9 Å². The van der Waals surface area contributed by atoms with Gasteiger partial charge in [-0.2, -0.15) is 0 Å². The Balaban J connectivity index is 2.18. The number of rotatable bonds is 7. The van der Waals surface area contributed by atoms with E-state index >= 15 is 0 Å². The number of ether oxygens (including phenoxy) is 2. The first-order valence-corrected chi connectivity index (χ1v) is 12.3. The van der Waals surface area contributed by atoms with Crippen LogP contribution in [-0.2, 0) is 20.4 Å². The normalized spacial score (nSPS) is 17.0. The molecule has 3 rings (SSSR count). The number of benzene rings is 2. The first kappa shape index (κ1) is 24.1. The molecule has 0 atom stereocenters. The van der Waals surface area contributed by atoms with E-state index in [1.165, 1.54) is 11.1 Å². The number of fused-ring (bicyclic) bond motifs is 1. The van der Waals surface area contributed by atoms with Crippen molar-refractivity contribution in [1.82, 2.24) is 0 Å². The SMILES string of the molecule is C#CC(=C([Se]c1cc(OCOC)c2c(c1)C(C)(C)CCC2(C)C)C(=O)O)c1ccccc1. The topological polar surface area (TPSA) is 55.8 Å². The summed E-state index contributed by atoms with van der Waals surface area (Å²) in [5, 5.41) is 10.0. The van der Waals surface area contributed by atoms with Crippen LogP contribution < -0.4 is 9.20 Å². The number of hydrogen-bond acceptors (Lipinski definition) is 3. The minimum absolute atomic E-state index is 0.0381. The van der Waals surface area contributed by atoms with E-state index in [0.29, 0.717) is 5.57 Å². The molecule has 5 heteroatoms. The molecule has 0 saturated carbocycles. The summed E-state index contributed by atoms with van der Waals surface area (Å²) in [7, 11) is 1.60. The number of carboxylic acids is 1. The van der Waals surface area contributed by atoms with E-state index in [2.05, 4.69) is 39.7 Å². The van der Waals surface area contributed by atoms with E-state index in [1.54, 1.807) is 7.11 Å². The van der Waals surface area contributed by atoms with Gasteiger partial charge in [-0.1, -0.05) is 0 Å². The Morgan fingerprint density at radius 2 is 1.78 bits per heavy atom. The summed E-state index contributed by atoms with van der Waals surface area (Å²) in [6.45, 7) is 9.09. The molecule has 168 valence electrons. The number of allylic oxidation sites excluding steroid dienone is 1. The average molecular weight is 497 g/mol. The van der Waals surface area contributed by atoms with Crippen LogP contribution in [0.2, 0.25) is 0 Å². The van der Waals surface area contributed by atoms with Crippen molar-refractivity contribution in [2.24, 2.45) is 0 Å². The molecule has 0 aliphatic heterocycles. The van der Waals surface area contributed by atoms with Crippen molar-refractivity contribution in [3.8, 4) is 18.1 Å². The van der Waals surface area contributed by atoms with Crippen LogP contribution in [0.15, 0.2) is 46.9 Å². The predicted molar refractivity (Wildman–Crippen MR) is 129 cm³/mol. The van der Waals surface area contributed by atoms with Crippen LogP contribution in [0.1, 0.15) is 57.2 Å². The maximum absolute atomic E-state index is 12.3. The molecule has 1 aliphatic rings. The molecule has 0 heterocycles. The van der Waals surface area contributed by atoms with Gasteiger partial charge in [0.1, 0.15) is 0 Å². The van der Waals surface area contributed by atoms with Crippen molar-refractivity contribution in [2.45, 2.75) is 51.4 Å². The summed E-state index contributed by atoms with van der Waals surface area (Å²) >= 11 is -0.513. The number of terminal acetylenes is 1. The van der Waals surface area contributed by atoms with Crippen LogP contribution >= 0.6 is 0 Å². The van der Waals surface area contributed by atoms with Crippen molar-refractivity contribution in [2.75, 3.05) is 13.9 Å². The number of carbonyl (C=O) groups is 1.